The van der Waals surface area contributed by atoms with Crippen LogP contribution in [0.3, 0.4) is 0 Å². The molecule has 1 atom stereocenters. The Balaban J connectivity index is 1.85. The van der Waals surface area contributed by atoms with E-state index in [2.05, 4.69) is 0 Å². The van der Waals surface area contributed by atoms with Gasteiger partial charge in [-0.2, -0.15) is 0 Å². The summed E-state index contributed by atoms with van der Waals surface area (Å²) in [7, 11) is 0. The van der Waals surface area contributed by atoms with Crippen LogP contribution in [0.25, 0.3) is 0 Å². The van der Waals surface area contributed by atoms with Crippen LogP contribution in [-0.4, -0.2) is 62.4 Å². The minimum atomic E-state index is -0.786. The van der Waals surface area contributed by atoms with Crippen LogP contribution in [0, 0.1) is 5.41 Å². The largest absolute Gasteiger partial charge is 0.462 e. The van der Waals surface area contributed by atoms with Crippen LogP contribution in [0.4, 0.5) is 0 Å². The normalized spacial score (nSPS) is 27.9. The number of cyclic esters (lactones) is 1. The lowest BCUT2D eigenvalue weighted by Gasteiger charge is -2.27. The molecule has 0 aliphatic carbocycles. The average Bonchev–Trinajstić information content (AvgIpc) is 2.57. The van der Waals surface area contributed by atoms with Gasteiger partial charge in [-0.15, -0.1) is 0 Å². The summed E-state index contributed by atoms with van der Waals surface area (Å²) in [5.74, 6) is -0.829. The quantitative estimate of drug-likeness (QED) is 0.653. The molecule has 2 heterocycles. The molecule has 0 aromatic carbocycles. The van der Waals surface area contributed by atoms with E-state index in [1.54, 1.807) is 0 Å². The van der Waals surface area contributed by atoms with Crippen LogP contribution in [0.5, 0.6) is 0 Å². The molecule has 102 valence electrons. The summed E-state index contributed by atoms with van der Waals surface area (Å²) in [5.41, 5.74) is -0.447. The molecule has 6 heteroatoms. The second-order valence-electron chi connectivity index (χ2n) is 5.35. The molecule has 0 radical (unpaired) electrons. The molecule has 6 nitrogen and oxygen atoms in total. The maximum absolute atomic E-state index is 11.8. The van der Waals surface area contributed by atoms with E-state index in [0.717, 1.165) is 0 Å². The van der Waals surface area contributed by atoms with Crippen LogP contribution in [0.1, 0.15) is 13.8 Å². The highest BCUT2D eigenvalue weighted by Gasteiger charge is 2.46. The Morgan fingerprint density at radius 2 is 2.11 bits per heavy atom. The average molecular weight is 257 g/mol. The number of rotatable bonds is 3. The lowest BCUT2D eigenvalue weighted by Crippen LogP contribution is -2.42. The van der Waals surface area contributed by atoms with Crippen molar-refractivity contribution in [3.63, 3.8) is 0 Å². The molecule has 2 rings (SSSR count). The number of hydrogen-bond donors (Lipinski definition) is 0. The predicted octanol–water partition coefficient (Wildman–Crippen LogP) is -0.187. The zero-order chi connectivity index (χ0) is 13.2. The van der Waals surface area contributed by atoms with Gasteiger partial charge in [-0.25, -0.2) is 4.79 Å². The number of ether oxygens (including phenoxy) is 3. The molecule has 0 bridgehead atoms. The first-order valence-corrected chi connectivity index (χ1v) is 6.15. The van der Waals surface area contributed by atoms with Crippen molar-refractivity contribution in [3.05, 3.63) is 0 Å². The van der Waals surface area contributed by atoms with E-state index in [1.165, 1.54) is 0 Å². The number of carbonyl (C=O) groups is 2. The van der Waals surface area contributed by atoms with Gasteiger partial charge in [-0.3, -0.25) is 9.69 Å². The monoisotopic (exact) mass is 257 g/mol. The summed E-state index contributed by atoms with van der Waals surface area (Å²) in [6.07, 6.45) is -0.786. The molecule has 2 saturated heterocycles. The Morgan fingerprint density at radius 1 is 1.44 bits per heavy atom. The number of morpholine rings is 1. The lowest BCUT2D eigenvalue weighted by molar-refractivity contribution is -0.164. The third-order valence-electron chi connectivity index (χ3n) is 3.22. The number of carbonyl (C=O) groups excluding carboxylic acids is 2. The van der Waals surface area contributed by atoms with Crippen molar-refractivity contribution < 1.29 is 23.8 Å². The topological polar surface area (TPSA) is 65.1 Å². The Labute approximate surface area is 106 Å². The van der Waals surface area contributed by atoms with Crippen molar-refractivity contribution in [3.8, 4) is 0 Å². The summed E-state index contributed by atoms with van der Waals surface area (Å²) in [6.45, 7) is 6.88. The molecule has 18 heavy (non-hydrogen) atoms. The van der Waals surface area contributed by atoms with Crippen molar-refractivity contribution in [2.45, 2.75) is 20.0 Å². The summed E-state index contributed by atoms with van der Waals surface area (Å²) in [4.78, 5) is 25.2. The third-order valence-corrected chi connectivity index (χ3v) is 3.22. The van der Waals surface area contributed by atoms with Gasteiger partial charge in [0.15, 0.2) is 0 Å². The fourth-order valence-electron chi connectivity index (χ4n) is 2.05. The number of nitrogens with zero attached hydrogens (tertiary/aromatic N) is 1. The van der Waals surface area contributed by atoms with E-state index in [4.69, 9.17) is 14.2 Å². The van der Waals surface area contributed by atoms with Crippen molar-refractivity contribution in [1.29, 1.82) is 0 Å². The van der Waals surface area contributed by atoms with Gasteiger partial charge in [0.1, 0.15) is 6.61 Å². The summed E-state index contributed by atoms with van der Waals surface area (Å²) in [6, 6.07) is 0. The number of esters is 2. The van der Waals surface area contributed by atoms with E-state index >= 15 is 0 Å². The summed E-state index contributed by atoms with van der Waals surface area (Å²) < 4.78 is 15.4. The molecule has 0 amide bonds. The molecule has 0 aromatic heterocycles. The maximum atomic E-state index is 11.8. The summed E-state index contributed by atoms with van der Waals surface area (Å²) in [5, 5.41) is 0. The molecule has 1 unspecified atom stereocenters. The van der Waals surface area contributed by atoms with Crippen LogP contribution in [0.15, 0.2) is 0 Å². The Morgan fingerprint density at radius 3 is 2.67 bits per heavy atom. The van der Waals surface area contributed by atoms with Crippen molar-refractivity contribution in [2.75, 3.05) is 39.5 Å². The first-order valence-electron chi connectivity index (χ1n) is 6.15. The maximum Gasteiger partial charge on any atom is 0.348 e. The van der Waals surface area contributed by atoms with Gasteiger partial charge in [0, 0.05) is 18.5 Å². The minimum absolute atomic E-state index is 0.198. The smallest absolute Gasteiger partial charge is 0.348 e. The number of hydrogen-bond acceptors (Lipinski definition) is 6. The van der Waals surface area contributed by atoms with Crippen molar-refractivity contribution in [2.24, 2.45) is 5.41 Å². The highest BCUT2D eigenvalue weighted by atomic mass is 16.6. The van der Waals surface area contributed by atoms with E-state index in [9.17, 15) is 9.59 Å². The molecule has 0 spiro atoms. The Hall–Kier alpha value is -1.14. The van der Waals surface area contributed by atoms with Gasteiger partial charge in [0.25, 0.3) is 0 Å². The van der Waals surface area contributed by atoms with Crippen LogP contribution in [0.2, 0.25) is 0 Å². The first-order chi connectivity index (χ1) is 8.49. The Bertz CT molecular complexity index is 335. The molecular weight excluding hydrogens is 238 g/mol. The zero-order valence-corrected chi connectivity index (χ0v) is 10.8. The fourth-order valence-corrected chi connectivity index (χ4v) is 2.05. The highest BCUT2D eigenvalue weighted by Crippen LogP contribution is 2.30. The second kappa shape index (κ2) is 5.24. The lowest BCUT2D eigenvalue weighted by atomic mass is 9.90. The zero-order valence-electron chi connectivity index (χ0n) is 10.8. The van der Waals surface area contributed by atoms with Gasteiger partial charge in [0.05, 0.1) is 19.8 Å². The third kappa shape index (κ3) is 3.00. The molecule has 2 aliphatic rings. The van der Waals surface area contributed by atoms with E-state index in [-0.39, 0.29) is 12.5 Å². The standard InChI is InChI=1S/C12H19NO5/c1-12(2)8-17-11(15)10(12)18-9(14)7-13-3-5-16-6-4-13/h10H,3-8H2,1-2H3. The van der Waals surface area contributed by atoms with Gasteiger partial charge in [0.2, 0.25) is 6.10 Å². The molecule has 0 saturated carbocycles. The Kier molecular flexibility index (Phi) is 3.87. The molecule has 2 fully saturated rings. The predicted molar refractivity (Wildman–Crippen MR) is 61.9 cm³/mol. The van der Waals surface area contributed by atoms with Crippen molar-refractivity contribution in [1.82, 2.24) is 4.90 Å². The summed E-state index contributed by atoms with van der Waals surface area (Å²) >= 11 is 0. The minimum Gasteiger partial charge on any atom is -0.462 e. The van der Waals surface area contributed by atoms with Crippen LogP contribution in [-0.2, 0) is 23.8 Å². The molecular formula is C12H19NO5. The van der Waals surface area contributed by atoms with Crippen LogP contribution >= 0.6 is 0 Å². The second-order valence-corrected chi connectivity index (χ2v) is 5.35. The SMILES string of the molecule is CC1(C)COC(=O)C1OC(=O)CN1CCOCC1. The van der Waals surface area contributed by atoms with Gasteiger partial charge in [-0.05, 0) is 0 Å². The highest BCUT2D eigenvalue weighted by molar-refractivity contribution is 5.82. The first kappa shape index (κ1) is 13.3. The van der Waals surface area contributed by atoms with Gasteiger partial charge >= 0.3 is 11.9 Å². The molecule has 2 aliphatic heterocycles. The van der Waals surface area contributed by atoms with Gasteiger partial charge in [-0.1, -0.05) is 13.8 Å². The van der Waals surface area contributed by atoms with E-state index in [1.807, 2.05) is 18.7 Å². The van der Waals surface area contributed by atoms with E-state index in [0.29, 0.717) is 32.9 Å². The van der Waals surface area contributed by atoms with E-state index < -0.39 is 17.5 Å². The molecule has 0 aromatic rings. The van der Waals surface area contributed by atoms with Crippen molar-refractivity contribution >= 4 is 11.9 Å². The fraction of sp³-hybridized carbons (Fsp3) is 0.833. The van der Waals surface area contributed by atoms with Crippen LogP contribution < -0.4 is 0 Å². The molecule has 0 N–H and O–H groups in total. The van der Waals surface area contributed by atoms with Gasteiger partial charge < -0.3 is 14.2 Å².